The number of carbonyl (C=O) groups is 3. The number of hydroxylamine groups is 2. The highest BCUT2D eigenvalue weighted by Gasteiger charge is 2.32. The molecule has 2 aromatic rings. The van der Waals surface area contributed by atoms with Crippen LogP contribution in [-0.4, -0.2) is 49.4 Å². The predicted molar refractivity (Wildman–Crippen MR) is 152 cm³/mol. The second-order valence-electron chi connectivity index (χ2n) is 9.95. The van der Waals surface area contributed by atoms with E-state index in [1.165, 1.54) is 5.06 Å². The molecule has 2 aromatic carbocycles. The van der Waals surface area contributed by atoms with Crippen molar-refractivity contribution in [2.24, 2.45) is 5.92 Å². The summed E-state index contributed by atoms with van der Waals surface area (Å²) in [4.78, 5) is 43.2. The van der Waals surface area contributed by atoms with Crippen molar-refractivity contribution >= 4 is 18.4 Å². The van der Waals surface area contributed by atoms with Crippen LogP contribution < -0.4 is 10.6 Å². The molecule has 8 heteroatoms. The summed E-state index contributed by atoms with van der Waals surface area (Å²) >= 11 is 0. The van der Waals surface area contributed by atoms with Crippen LogP contribution in [0, 0.1) is 5.92 Å². The number of unbranched alkanes of at least 4 members (excludes halogenated alkanes) is 3. The minimum Gasteiger partial charge on any atom is -0.449 e. The number of hydrogen-bond acceptors (Lipinski definition) is 5. The van der Waals surface area contributed by atoms with Gasteiger partial charge in [-0.1, -0.05) is 95.0 Å². The van der Waals surface area contributed by atoms with Gasteiger partial charge in [0.05, 0.1) is 25.2 Å². The fourth-order valence-corrected chi connectivity index (χ4v) is 5.26. The van der Waals surface area contributed by atoms with Gasteiger partial charge >= 0.3 is 6.09 Å². The zero-order valence-electron chi connectivity index (χ0n) is 23.5. The van der Waals surface area contributed by atoms with Crippen molar-refractivity contribution in [1.29, 1.82) is 0 Å². The van der Waals surface area contributed by atoms with Crippen molar-refractivity contribution in [2.45, 2.75) is 77.7 Å². The van der Waals surface area contributed by atoms with Gasteiger partial charge in [-0.3, -0.25) is 14.4 Å². The third-order valence-corrected chi connectivity index (χ3v) is 7.35. The Hall–Kier alpha value is -3.39. The molecule has 0 radical (unpaired) electrons. The first-order valence-corrected chi connectivity index (χ1v) is 14.3. The number of carbonyl (C=O) groups excluding carboxylic acids is 3. The van der Waals surface area contributed by atoms with Gasteiger partial charge in [-0.05, 0) is 41.5 Å². The van der Waals surface area contributed by atoms with E-state index in [0.717, 1.165) is 54.4 Å². The lowest BCUT2D eigenvalue weighted by atomic mass is 9.90. The fourth-order valence-electron chi connectivity index (χ4n) is 5.26. The molecule has 39 heavy (non-hydrogen) atoms. The van der Waals surface area contributed by atoms with Crippen molar-refractivity contribution in [2.75, 3.05) is 19.9 Å². The Morgan fingerprint density at radius 1 is 0.923 bits per heavy atom. The number of rotatable bonds is 17. The summed E-state index contributed by atoms with van der Waals surface area (Å²) in [6.45, 7) is 6.67. The first kappa shape index (κ1) is 30.2. The van der Waals surface area contributed by atoms with Crippen LogP contribution in [0.4, 0.5) is 4.79 Å². The number of nitrogens with one attached hydrogen (secondary N) is 2. The van der Waals surface area contributed by atoms with Crippen LogP contribution in [0.25, 0.3) is 11.1 Å². The van der Waals surface area contributed by atoms with Crippen LogP contribution in [0.5, 0.6) is 0 Å². The largest absolute Gasteiger partial charge is 0.449 e. The topological polar surface area (TPSA) is 97.0 Å². The zero-order chi connectivity index (χ0) is 28.0. The molecule has 0 saturated heterocycles. The monoisotopic (exact) mass is 537 g/mol. The summed E-state index contributed by atoms with van der Waals surface area (Å²) in [6.07, 6.45) is 5.95. The maximum Gasteiger partial charge on any atom is 0.408 e. The lowest BCUT2D eigenvalue weighted by molar-refractivity contribution is -0.195. The molecule has 1 aliphatic rings. The maximum absolute atomic E-state index is 13.2. The average Bonchev–Trinajstić information content (AvgIpc) is 3.28. The SMILES string of the molecule is CCCCC[C@@H](C(=O)NCNC(=O)OCC1c2ccccc2-c2ccccc21)[C@@H](CC)N(C=O)OCCCC. The number of fused-ring (bicyclic) bond motifs is 3. The molecular weight excluding hydrogens is 494 g/mol. The lowest BCUT2D eigenvalue weighted by Crippen LogP contribution is -2.48. The van der Waals surface area contributed by atoms with Gasteiger partial charge in [-0.25, -0.2) is 9.86 Å². The Morgan fingerprint density at radius 3 is 2.15 bits per heavy atom. The molecule has 3 rings (SSSR count). The van der Waals surface area contributed by atoms with E-state index in [4.69, 9.17) is 9.57 Å². The van der Waals surface area contributed by atoms with Crippen molar-refractivity contribution in [3.63, 3.8) is 0 Å². The molecule has 0 aliphatic heterocycles. The normalized spacial score (nSPS) is 13.6. The molecule has 2 atom stereocenters. The summed E-state index contributed by atoms with van der Waals surface area (Å²) in [5.41, 5.74) is 4.61. The van der Waals surface area contributed by atoms with Crippen LogP contribution >= 0.6 is 0 Å². The lowest BCUT2D eigenvalue weighted by Gasteiger charge is -2.32. The second-order valence-corrected chi connectivity index (χ2v) is 9.95. The summed E-state index contributed by atoms with van der Waals surface area (Å²) in [7, 11) is 0. The molecule has 212 valence electrons. The molecule has 3 amide bonds. The van der Waals surface area contributed by atoms with Gasteiger partial charge in [0.25, 0.3) is 0 Å². The number of benzene rings is 2. The molecule has 0 unspecified atom stereocenters. The molecule has 0 bridgehead atoms. The molecular formula is C31H43N3O5. The Balaban J connectivity index is 1.54. The number of nitrogens with zero attached hydrogens (tertiary/aromatic N) is 1. The minimum absolute atomic E-state index is 0.0342. The van der Waals surface area contributed by atoms with E-state index in [1.807, 2.05) is 31.2 Å². The summed E-state index contributed by atoms with van der Waals surface area (Å²) in [5.74, 6) is -0.700. The van der Waals surface area contributed by atoms with E-state index in [-0.39, 0.29) is 31.1 Å². The third kappa shape index (κ3) is 8.05. The van der Waals surface area contributed by atoms with Crippen LogP contribution in [0.2, 0.25) is 0 Å². The Bertz CT molecular complexity index is 1030. The quantitative estimate of drug-likeness (QED) is 0.116. The van der Waals surface area contributed by atoms with Gasteiger partial charge in [0.15, 0.2) is 0 Å². The van der Waals surface area contributed by atoms with Crippen molar-refractivity contribution < 1.29 is 24.0 Å². The molecule has 0 saturated carbocycles. The molecule has 0 spiro atoms. The summed E-state index contributed by atoms with van der Waals surface area (Å²) in [6, 6.07) is 15.9. The predicted octanol–water partition coefficient (Wildman–Crippen LogP) is 5.76. The summed E-state index contributed by atoms with van der Waals surface area (Å²) < 4.78 is 5.56. The number of hydrogen-bond donors (Lipinski definition) is 2. The first-order valence-electron chi connectivity index (χ1n) is 14.3. The highest BCUT2D eigenvalue weighted by molar-refractivity contribution is 5.80. The van der Waals surface area contributed by atoms with Crippen LogP contribution in [0.15, 0.2) is 48.5 Å². The van der Waals surface area contributed by atoms with Gasteiger partial charge in [0, 0.05) is 5.92 Å². The highest BCUT2D eigenvalue weighted by Crippen LogP contribution is 2.44. The highest BCUT2D eigenvalue weighted by atomic mass is 16.7. The molecule has 1 aliphatic carbocycles. The van der Waals surface area contributed by atoms with E-state index < -0.39 is 12.0 Å². The maximum atomic E-state index is 13.2. The van der Waals surface area contributed by atoms with Gasteiger partial charge in [-0.2, -0.15) is 0 Å². The van der Waals surface area contributed by atoms with Crippen molar-refractivity contribution in [3.05, 3.63) is 59.7 Å². The van der Waals surface area contributed by atoms with Crippen molar-refractivity contribution in [1.82, 2.24) is 15.7 Å². The fraction of sp³-hybridized carbons (Fsp3) is 0.516. The van der Waals surface area contributed by atoms with Crippen LogP contribution in [0.3, 0.4) is 0 Å². The zero-order valence-corrected chi connectivity index (χ0v) is 23.5. The van der Waals surface area contributed by atoms with E-state index >= 15 is 0 Å². The smallest absolute Gasteiger partial charge is 0.408 e. The molecule has 0 aromatic heterocycles. The van der Waals surface area contributed by atoms with E-state index in [1.54, 1.807) is 0 Å². The summed E-state index contributed by atoms with van der Waals surface area (Å²) in [5, 5.41) is 6.75. The second kappa shape index (κ2) is 15.9. The molecule has 2 N–H and O–H groups in total. The molecule has 0 heterocycles. The van der Waals surface area contributed by atoms with Gasteiger partial charge in [0.1, 0.15) is 6.61 Å². The molecule has 8 nitrogen and oxygen atoms in total. The Labute approximate surface area is 232 Å². The molecule has 0 fully saturated rings. The van der Waals surface area contributed by atoms with Gasteiger partial charge in [-0.15, -0.1) is 0 Å². The van der Waals surface area contributed by atoms with E-state index in [9.17, 15) is 14.4 Å². The average molecular weight is 538 g/mol. The number of amides is 3. The Morgan fingerprint density at radius 2 is 1.56 bits per heavy atom. The van der Waals surface area contributed by atoms with E-state index in [0.29, 0.717) is 25.9 Å². The standard InChI is InChI=1S/C31H43N3O5/c1-4-7-9-18-27(29(6-3)34(22-35)39-19-8-5-2)30(36)32-21-33-31(37)38-20-28-25-16-12-10-14-23(25)24-15-11-13-17-26(24)28/h10-17,22,27-29H,4-9,18-21H2,1-3H3,(H,32,36)(H,33,37)/t27-,29-/m1/s1. The van der Waals surface area contributed by atoms with E-state index in [2.05, 4.69) is 48.7 Å². The van der Waals surface area contributed by atoms with Crippen molar-refractivity contribution in [3.8, 4) is 11.1 Å². The van der Waals surface area contributed by atoms with Crippen LogP contribution in [-0.2, 0) is 19.2 Å². The third-order valence-electron chi connectivity index (χ3n) is 7.35. The van der Waals surface area contributed by atoms with Gasteiger partial charge < -0.3 is 15.4 Å². The number of alkyl carbamates (subject to hydrolysis) is 1. The first-order chi connectivity index (χ1) is 19.0. The minimum atomic E-state index is -0.593. The number of ether oxygens (including phenoxy) is 1. The Kier molecular flexibility index (Phi) is 12.3. The van der Waals surface area contributed by atoms with Crippen LogP contribution in [0.1, 0.15) is 82.8 Å². The van der Waals surface area contributed by atoms with Gasteiger partial charge in [0.2, 0.25) is 12.3 Å².